The molecule has 4 rings (SSSR count). The molecule has 0 heterocycles. The second-order valence-corrected chi connectivity index (χ2v) is 10.1. The lowest BCUT2D eigenvalue weighted by molar-refractivity contribution is -0.134. The van der Waals surface area contributed by atoms with Crippen molar-refractivity contribution in [3.05, 3.63) is 89.7 Å². The third-order valence-electron chi connectivity index (χ3n) is 6.12. The second-order valence-electron chi connectivity index (χ2n) is 8.59. The third kappa shape index (κ3) is 6.03. The van der Waals surface area contributed by atoms with E-state index >= 15 is 0 Å². The molecule has 0 saturated heterocycles. The fraction of sp³-hybridized carbons (Fsp3) is 0.296. The molecule has 0 unspecified atom stereocenters. The summed E-state index contributed by atoms with van der Waals surface area (Å²) >= 11 is 0. The number of hydrogen-bond donors (Lipinski definition) is 0. The van der Waals surface area contributed by atoms with E-state index in [1.165, 1.54) is 13.2 Å². The van der Waals surface area contributed by atoms with Crippen LogP contribution in [0.4, 0.5) is 4.39 Å². The van der Waals surface area contributed by atoms with Crippen LogP contribution in [0.15, 0.2) is 77.7 Å². The Morgan fingerprint density at radius 3 is 2.39 bits per heavy atom. The molecule has 36 heavy (non-hydrogen) atoms. The monoisotopic (exact) mass is 513 g/mol. The summed E-state index contributed by atoms with van der Waals surface area (Å²) in [6.07, 6.45) is 0.791. The molecule has 0 aromatic heterocycles. The maximum absolute atomic E-state index is 13.3. The van der Waals surface area contributed by atoms with E-state index in [4.69, 9.17) is 13.7 Å². The number of amides is 1. The van der Waals surface area contributed by atoms with Crippen molar-refractivity contribution in [3.63, 3.8) is 0 Å². The first-order valence-electron chi connectivity index (χ1n) is 11.5. The molecule has 2 atom stereocenters. The van der Waals surface area contributed by atoms with Crippen molar-refractivity contribution in [2.75, 3.05) is 27.4 Å². The Hall–Kier alpha value is -3.43. The highest BCUT2D eigenvalue weighted by atomic mass is 32.2. The molecule has 0 radical (unpaired) electrons. The summed E-state index contributed by atoms with van der Waals surface area (Å²) in [4.78, 5) is 14.9. The van der Waals surface area contributed by atoms with Gasteiger partial charge < -0.3 is 18.6 Å². The quantitative estimate of drug-likeness (QED) is 0.354. The number of rotatable bonds is 11. The summed E-state index contributed by atoms with van der Waals surface area (Å²) in [5, 5.41) is 0. The van der Waals surface area contributed by atoms with E-state index in [0.717, 1.165) is 36.2 Å². The molecule has 0 bridgehead atoms. The van der Waals surface area contributed by atoms with Gasteiger partial charge in [0.25, 0.3) is 0 Å². The van der Waals surface area contributed by atoms with Crippen LogP contribution in [0.1, 0.15) is 23.5 Å². The largest absolute Gasteiger partial charge is 0.493 e. The first-order valence-corrected chi connectivity index (χ1v) is 12.9. The summed E-state index contributed by atoms with van der Waals surface area (Å²) in [5.74, 6) is -0.244. The van der Waals surface area contributed by atoms with Crippen molar-refractivity contribution in [2.45, 2.75) is 23.8 Å². The van der Waals surface area contributed by atoms with Crippen LogP contribution < -0.4 is 8.92 Å². The van der Waals surface area contributed by atoms with Crippen molar-refractivity contribution in [2.24, 2.45) is 5.92 Å². The van der Waals surface area contributed by atoms with Crippen LogP contribution in [0.3, 0.4) is 0 Å². The Kier molecular flexibility index (Phi) is 7.91. The van der Waals surface area contributed by atoms with Gasteiger partial charge in [0.1, 0.15) is 10.7 Å². The molecule has 1 fully saturated rings. The van der Waals surface area contributed by atoms with Crippen LogP contribution in [0.5, 0.6) is 11.5 Å². The number of carbonyl (C=O) groups is 1. The number of ether oxygens (including phenoxy) is 2. The summed E-state index contributed by atoms with van der Waals surface area (Å²) in [7, 11) is -1.25. The van der Waals surface area contributed by atoms with Crippen LogP contribution in [0.2, 0.25) is 0 Å². The van der Waals surface area contributed by atoms with Crippen LogP contribution in [-0.2, 0) is 26.2 Å². The van der Waals surface area contributed by atoms with Crippen LogP contribution >= 0.6 is 0 Å². The predicted molar refractivity (Wildman–Crippen MR) is 132 cm³/mol. The summed E-state index contributed by atoms with van der Waals surface area (Å²) in [5.41, 5.74) is 1.81. The molecule has 0 spiro atoms. The molecular weight excluding hydrogens is 485 g/mol. The molecular formula is C27H28FNO6S. The van der Waals surface area contributed by atoms with Crippen LogP contribution in [-0.4, -0.2) is 46.6 Å². The Balaban J connectivity index is 1.53. The van der Waals surface area contributed by atoms with E-state index in [9.17, 15) is 17.6 Å². The zero-order valence-corrected chi connectivity index (χ0v) is 20.9. The topological polar surface area (TPSA) is 82.1 Å². The lowest BCUT2D eigenvalue weighted by Crippen LogP contribution is -2.35. The third-order valence-corrected chi connectivity index (χ3v) is 7.36. The zero-order valence-electron chi connectivity index (χ0n) is 20.1. The SMILES string of the molecule is COCCN(Cc1ccc(OC)c(OS(=O)(=O)c2ccc(F)cc2)c1)C(=O)[C@H]1C[C@H]1c1ccccc1. The fourth-order valence-electron chi connectivity index (χ4n) is 4.11. The number of benzene rings is 3. The smallest absolute Gasteiger partial charge is 0.339 e. The molecule has 190 valence electrons. The van der Waals surface area contributed by atoms with Crippen molar-refractivity contribution in [1.82, 2.24) is 4.90 Å². The first-order chi connectivity index (χ1) is 17.3. The van der Waals surface area contributed by atoms with Gasteiger partial charge in [-0.2, -0.15) is 8.42 Å². The molecule has 0 N–H and O–H groups in total. The number of carbonyl (C=O) groups excluding carboxylic acids is 1. The molecule has 9 heteroatoms. The lowest BCUT2D eigenvalue weighted by atomic mass is 10.1. The molecule has 3 aromatic carbocycles. The summed E-state index contributed by atoms with van der Waals surface area (Å²) in [6, 6.07) is 19.2. The van der Waals surface area contributed by atoms with Gasteiger partial charge in [-0.05, 0) is 59.9 Å². The van der Waals surface area contributed by atoms with Crippen LogP contribution in [0, 0.1) is 11.7 Å². The average Bonchev–Trinajstić information content (AvgIpc) is 3.68. The number of methoxy groups -OCH3 is 2. The van der Waals surface area contributed by atoms with E-state index in [0.29, 0.717) is 18.7 Å². The highest BCUT2D eigenvalue weighted by Crippen LogP contribution is 2.48. The van der Waals surface area contributed by atoms with Gasteiger partial charge in [0, 0.05) is 26.1 Å². The second kappa shape index (κ2) is 11.1. The average molecular weight is 514 g/mol. The van der Waals surface area contributed by atoms with Gasteiger partial charge in [-0.3, -0.25) is 4.79 Å². The summed E-state index contributed by atoms with van der Waals surface area (Å²) < 4.78 is 54.6. The lowest BCUT2D eigenvalue weighted by Gasteiger charge is -2.23. The van der Waals surface area contributed by atoms with E-state index in [2.05, 4.69) is 0 Å². The van der Waals surface area contributed by atoms with Gasteiger partial charge in [0.2, 0.25) is 5.91 Å². The Morgan fingerprint density at radius 2 is 1.72 bits per heavy atom. The van der Waals surface area contributed by atoms with Gasteiger partial charge in [0.15, 0.2) is 11.5 Å². The standard InChI is InChI=1S/C27H28FNO6S/c1-33-15-14-29(27(30)24-17-23(24)20-6-4-3-5-7-20)18-19-8-13-25(34-2)26(16-19)35-36(31,32)22-11-9-21(28)10-12-22/h3-13,16,23-24H,14-15,17-18H2,1-2H3/t23-,24-/m0/s1. The van der Waals surface area contributed by atoms with Crippen molar-refractivity contribution < 1.29 is 31.3 Å². The van der Waals surface area contributed by atoms with Crippen LogP contribution in [0.25, 0.3) is 0 Å². The molecule has 1 amide bonds. The minimum Gasteiger partial charge on any atom is -0.493 e. The van der Waals surface area contributed by atoms with E-state index in [1.807, 2.05) is 30.3 Å². The zero-order chi connectivity index (χ0) is 25.7. The van der Waals surface area contributed by atoms with E-state index in [1.54, 1.807) is 24.1 Å². The Morgan fingerprint density at radius 1 is 1.00 bits per heavy atom. The molecule has 3 aromatic rings. The number of hydrogen-bond acceptors (Lipinski definition) is 6. The maximum Gasteiger partial charge on any atom is 0.339 e. The highest BCUT2D eigenvalue weighted by molar-refractivity contribution is 7.87. The van der Waals surface area contributed by atoms with Gasteiger partial charge in [-0.15, -0.1) is 0 Å². The minimum atomic E-state index is -4.23. The normalized spacial score (nSPS) is 16.9. The van der Waals surface area contributed by atoms with Gasteiger partial charge in [0.05, 0.1) is 13.7 Å². The molecule has 1 saturated carbocycles. The van der Waals surface area contributed by atoms with Crippen molar-refractivity contribution in [3.8, 4) is 11.5 Å². The fourth-order valence-corrected chi connectivity index (χ4v) is 5.04. The first kappa shape index (κ1) is 25.7. The maximum atomic E-state index is 13.3. The van der Waals surface area contributed by atoms with Crippen molar-refractivity contribution in [1.29, 1.82) is 0 Å². The minimum absolute atomic E-state index is 0.0213. The van der Waals surface area contributed by atoms with E-state index in [-0.39, 0.29) is 40.7 Å². The number of nitrogens with zero attached hydrogens (tertiary/aromatic N) is 1. The Bertz CT molecular complexity index is 1300. The van der Waals surface area contributed by atoms with Crippen molar-refractivity contribution >= 4 is 16.0 Å². The molecule has 0 aliphatic heterocycles. The highest BCUT2D eigenvalue weighted by Gasteiger charge is 2.45. The molecule has 1 aliphatic carbocycles. The van der Waals surface area contributed by atoms with Gasteiger partial charge in [-0.1, -0.05) is 36.4 Å². The van der Waals surface area contributed by atoms with Gasteiger partial charge in [-0.25, -0.2) is 4.39 Å². The Labute approximate surface area is 210 Å². The predicted octanol–water partition coefficient (Wildman–Crippen LogP) is 4.38. The number of halogens is 1. The van der Waals surface area contributed by atoms with E-state index < -0.39 is 15.9 Å². The summed E-state index contributed by atoms with van der Waals surface area (Å²) in [6.45, 7) is 1.01. The molecule has 1 aliphatic rings. The van der Waals surface area contributed by atoms with Gasteiger partial charge >= 0.3 is 10.1 Å². The molecule has 7 nitrogen and oxygen atoms in total.